The number of rotatable bonds is 7. The van der Waals surface area contributed by atoms with E-state index in [2.05, 4.69) is 38.1 Å². The number of ketones is 1. The van der Waals surface area contributed by atoms with Crippen molar-refractivity contribution in [2.45, 2.75) is 44.7 Å². The third-order valence-electron chi connectivity index (χ3n) is 6.61. The van der Waals surface area contributed by atoms with Crippen LogP contribution in [0.25, 0.3) is 11.0 Å². The van der Waals surface area contributed by atoms with Crippen molar-refractivity contribution >= 4 is 28.9 Å². The minimum Gasteiger partial charge on any atom is -0.329 e. The molecule has 4 rings (SSSR count). The summed E-state index contributed by atoms with van der Waals surface area (Å²) in [6.07, 6.45) is 6.51. The van der Waals surface area contributed by atoms with E-state index in [9.17, 15) is 9.59 Å². The molecular weight excluding hydrogens is 402 g/mol. The average Bonchev–Trinajstić information content (AvgIpc) is 3.23. The molecular formula is C25H27N5O2. The van der Waals surface area contributed by atoms with Gasteiger partial charge in [0.2, 0.25) is 6.41 Å². The molecule has 0 bridgehead atoms. The van der Waals surface area contributed by atoms with Crippen LogP contribution in [-0.2, 0) is 16.1 Å². The summed E-state index contributed by atoms with van der Waals surface area (Å²) in [5, 5.41) is 12.9. The number of nitrogens with one attached hydrogen (secondary N) is 1. The summed E-state index contributed by atoms with van der Waals surface area (Å²) in [5.74, 6) is 0.0172. The predicted molar refractivity (Wildman–Crippen MR) is 123 cm³/mol. The topological polar surface area (TPSA) is 91.0 Å². The SMILES string of the molecule is CC(C)(C(=O)C#N)N1CCC(c2ccnc3c2ccn3Cc2ccc(NC=O)cc2)CC1. The molecule has 1 aromatic carbocycles. The monoisotopic (exact) mass is 429 g/mol. The van der Waals surface area contributed by atoms with Gasteiger partial charge in [-0.25, -0.2) is 4.98 Å². The van der Waals surface area contributed by atoms with Gasteiger partial charge in [0.1, 0.15) is 11.7 Å². The van der Waals surface area contributed by atoms with Gasteiger partial charge >= 0.3 is 0 Å². The maximum absolute atomic E-state index is 12.0. The van der Waals surface area contributed by atoms with E-state index >= 15 is 0 Å². The molecule has 164 valence electrons. The molecule has 1 amide bonds. The summed E-state index contributed by atoms with van der Waals surface area (Å²) < 4.78 is 2.14. The second kappa shape index (κ2) is 8.93. The van der Waals surface area contributed by atoms with Crippen LogP contribution in [0.2, 0.25) is 0 Å². The number of anilines is 1. The fraction of sp³-hybridized carbons (Fsp3) is 0.360. The lowest BCUT2D eigenvalue weighted by Crippen LogP contribution is -2.52. The molecule has 1 fully saturated rings. The van der Waals surface area contributed by atoms with Crippen molar-refractivity contribution in [2.24, 2.45) is 0 Å². The minimum absolute atomic E-state index is 0.380. The van der Waals surface area contributed by atoms with Crippen LogP contribution >= 0.6 is 0 Å². The first-order valence-electron chi connectivity index (χ1n) is 10.9. The molecule has 0 unspecified atom stereocenters. The van der Waals surface area contributed by atoms with E-state index in [-0.39, 0.29) is 5.78 Å². The van der Waals surface area contributed by atoms with E-state index in [1.165, 1.54) is 5.56 Å². The molecule has 7 nitrogen and oxygen atoms in total. The van der Waals surface area contributed by atoms with Gasteiger partial charge in [0.25, 0.3) is 5.78 Å². The summed E-state index contributed by atoms with van der Waals surface area (Å²) in [5.41, 5.74) is 3.41. The van der Waals surface area contributed by atoms with Crippen LogP contribution in [0.15, 0.2) is 48.8 Å². The van der Waals surface area contributed by atoms with Crippen molar-refractivity contribution in [3.63, 3.8) is 0 Å². The Morgan fingerprint density at radius 1 is 1.22 bits per heavy atom. The molecule has 1 aliphatic rings. The Bertz CT molecular complexity index is 1170. The van der Waals surface area contributed by atoms with Gasteiger partial charge in [0.15, 0.2) is 0 Å². The summed E-state index contributed by atoms with van der Waals surface area (Å²) in [6.45, 7) is 5.95. The van der Waals surface area contributed by atoms with Crippen LogP contribution in [0.4, 0.5) is 5.69 Å². The number of pyridine rings is 1. The molecule has 0 saturated carbocycles. The van der Waals surface area contributed by atoms with Gasteiger partial charge in [0.05, 0.1) is 5.54 Å². The highest BCUT2D eigenvalue weighted by Gasteiger charge is 2.37. The first-order valence-corrected chi connectivity index (χ1v) is 10.9. The summed E-state index contributed by atoms with van der Waals surface area (Å²) in [6, 6.07) is 13.8. The zero-order chi connectivity index (χ0) is 22.7. The van der Waals surface area contributed by atoms with E-state index < -0.39 is 5.54 Å². The molecule has 1 aliphatic heterocycles. The lowest BCUT2D eigenvalue weighted by Gasteiger charge is -2.40. The summed E-state index contributed by atoms with van der Waals surface area (Å²) in [7, 11) is 0. The number of likely N-dealkylation sites (tertiary alicyclic amines) is 1. The number of Topliss-reactive ketones (excluding diaryl/α,β-unsaturated/α-hetero) is 1. The Labute approximate surface area is 187 Å². The van der Waals surface area contributed by atoms with E-state index in [0.717, 1.165) is 48.2 Å². The largest absolute Gasteiger partial charge is 0.329 e. The second-order valence-electron chi connectivity index (χ2n) is 8.80. The van der Waals surface area contributed by atoms with Gasteiger partial charge in [-0.1, -0.05) is 12.1 Å². The van der Waals surface area contributed by atoms with Gasteiger partial charge in [-0.15, -0.1) is 0 Å². The van der Waals surface area contributed by atoms with Crippen LogP contribution in [0.3, 0.4) is 0 Å². The van der Waals surface area contributed by atoms with Gasteiger partial charge in [0, 0.05) is 30.0 Å². The van der Waals surface area contributed by atoms with Gasteiger partial charge in [-0.05, 0) is 81.1 Å². The number of carbonyl (C=O) groups excluding carboxylic acids is 2. The van der Waals surface area contributed by atoms with E-state index in [1.807, 2.05) is 44.3 Å². The fourth-order valence-electron chi connectivity index (χ4n) is 4.60. The smallest absolute Gasteiger partial charge is 0.251 e. The highest BCUT2D eigenvalue weighted by Crippen LogP contribution is 2.35. The van der Waals surface area contributed by atoms with Crippen molar-refractivity contribution < 1.29 is 9.59 Å². The molecule has 0 atom stereocenters. The van der Waals surface area contributed by atoms with Gasteiger partial charge < -0.3 is 9.88 Å². The Hall–Kier alpha value is -3.50. The number of nitrogens with zero attached hydrogens (tertiary/aromatic N) is 4. The lowest BCUT2D eigenvalue weighted by atomic mass is 9.85. The number of hydrogen-bond acceptors (Lipinski definition) is 5. The van der Waals surface area contributed by atoms with Crippen molar-refractivity contribution in [2.75, 3.05) is 18.4 Å². The zero-order valence-electron chi connectivity index (χ0n) is 18.4. The molecule has 1 saturated heterocycles. The maximum Gasteiger partial charge on any atom is 0.251 e. The van der Waals surface area contributed by atoms with Crippen LogP contribution in [0.5, 0.6) is 0 Å². The molecule has 0 aliphatic carbocycles. The minimum atomic E-state index is -0.743. The first-order chi connectivity index (χ1) is 15.4. The molecule has 3 heterocycles. The van der Waals surface area contributed by atoms with Crippen LogP contribution in [0, 0.1) is 11.3 Å². The van der Waals surface area contributed by atoms with Gasteiger partial charge in [-0.3, -0.25) is 14.5 Å². The number of carbonyl (C=O) groups is 2. The molecule has 0 spiro atoms. The molecule has 0 radical (unpaired) electrons. The summed E-state index contributed by atoms with van der Waals surface area (Å²) >= 11 is 0. The van der Waals surface area contributed by atoms with Crippen molar-refractivity contribution in [3.8, 4) is 6.07 Å². The van der Waals surface area contributed by atoms with Crippen LogP contribution in [0.1, 0.15) is 43.7 Å². The first kappa shape index (κ1) is 21.7. The molecule has 3 aromatic rings. The number of hydrogen-bond donors (Lipinski definition) is 1. The van der Waals surface area contributed by atoms with Crippen molar-refractivity contribution in [1.82, 2.24) is 14.5 Å². The highest BCUT2D eigenvalue weighted by atomic mass is 16.1. The zero-order valence-corrected chi connectivity index (χ0v) is 18.4. The number of nitriles is 1. The number of aromatic nitrogens is 2. The van der Waals surface area contributed by atoms with Crippen LogP contribution in [-0.4, -0.2) is 45.3 Å². The van der Waals surface area contributed by atoms with Crippen molar-refractivity contribution in [1.29, 1.82) is 5.26 Å². The number of piperidine rings is 1. The van der Waals surface area contributed by atoms with E-state index in [4.69, 9.17) is 5.26 Å². The summed E-state index contributed by atoms with van der Waals surface area (Å²) in [4.78, 5) is 29.4. The number of fused-ring (bicyclic) bond motifs is 1. The lowest BCUT2D eigenvalue weighted by molar-refractivity contribution is -0.124. The third kappa shape index (κ3) is 4.14. The fourth-order valence-corrected chi connectivity index (χ4v) is 4.60. The maximum atomic E-state index is 12.0. The predicted octanol–water partition coefficient (Wildman–Crippen LogP) is 3.70. The number of benzene rings is 1. The average molecular weight is 430 g/mol. The Morgan fingerprint density at radius 2 is 1.94 bits per heavy atom. The van der Waals surface area contributed by atoms with Gasteiger partial charge in [-0.2, -0.15) is 5.26 Å². The molecule has 1 N–H and O–H groups in total. The Balaban J connectivity index is 1.51. The highest BCUT2D eigenvalue weighted by molar-refractivity contribution is 6.00. The third-order valence-corrected chi connectivity index (χ3v) is 6.61. The Kier molecular flexibility index (Phi) is 6.06. The standard InChI is InChI=1S/C25H27N5O2/c1-25(2,23(32)15-26)30-13-8-19(9-14-30)21-7-11-27-24-22(21)10-12-29(24)16-18-3-5-20(6-4-18)28-17-31/h3-7,10-12,17,19H,8-9,13-14,16H2,1-2H3,(H,28,31). The second-order valence-corrected chi connectivity index (χ2v) is 8.80. The normalized spacial score (nSPS) is 15.4. The quantitative estimate of drug-likeness (QED) is 0.457. The molecule has 2 aromatic heterocycles. The number of amides is 1. The van der Waals surface area contributed by atoms with E-state index in [1.54, 1.807) is 6.07 Å². The van der Waals surface area contributed by atoms with Crippen molar-refractivity contribution in [3.05, 3.63) is 59.9 Å². The van der Waals surface area contributed by atoms with Crippen LogP contribution < -0.4 is 5.32 Å². The Morgan fingerprint density at radius 3 is 2.59 bits per heavy atom. The van der Waals surface area contributed by atoms with E-state index in [0.29, 0.717) is 18.9 Å². The molecule has 7 heteroatoms. The molecule has 32 heavy (non-hydrogen) atoms.